The molecule has 2 aromatic carbocycles. The first-order valence-electron chi connectivity index (χ1n) is 10.6. The molecule has 5 aromatic rings. The van der Waals surface area contributed by atoms with Crippen molar-refractivity contribution in [3.05, 3.63) is 53.2 Å². The van der Waals surface area contributed by atoms with Crippen molar-refractivity contribution < 1.29 is 9.47 Å². The van der Waals surface area contributed by atoms with Crippen LogP contribution in [0, 0.1) is 0 Å². The van der Waals surface area contributed by atoms with Crippen LogP contribution in [0.4, 0.5) is 0 Å². The Morgan fingerprint density at radius 1 is 0.909 bits per heavy atom. The number of halogens is 1. The van der Waals surface area contributed by atoms with Crippen LogP contribution >= 0.6 is 11.6 Å². The highest BCUT2D eigenvalue weighted by molar-refractivity contribution is 6.30. The highest BCUT2D eigenvalue weighted by Crippen LogP contribution is 2.35. The molecule has 8 nitrogen and oxygen atoms in total. The van der Waals surface area contributed by atoms with Crippen LogP contribution in [0.2, 0.25) is 5.02 Å². The summed E-state index contributed by atoms with van der Waals surface area (Å²) < 4.78 is 14.7. The highest BCUT2D eigenvalue weighted by Gasteiger charge is 2.23. The Hall–Kier alpha value is -3.65. The number of aryl methyl sites for hydroxylation is 2. The predicted molar refractivity (Wildman–Crippen MR) is 128 cm³/mol. The zero-order valence-electron chi connectivity index (χ0n) is 18.8. The van der Waals surface area contributed by atoms with Gasteiger partial charge in [-0.1, -0.05) is 24.9 Å². The van der Waals surface area contributed by atoms with Gasteiger partial charge in [0.05, 0.1) is 19.9 Å². The van der Waals surface area contributed by atoms with Gasteiger partial charge in [-0.05, 0) is 48.9 Å². The van der Waals surface area contributed by atoms with Crippen molar-refractivity contribution in [2.45, 2.75) is 19.8 Å². The van der Waals surface area contributed by atoms with Gasteiger partial charge < -0.3 is 9.47 Å². The third kappa shape index (κ3) is 3.47. The Labute approximate surface area is 195 Å². The molecule has 9 heteroatoms. The number of nitrogens with zero attached hydrogens (tertiary/aromatic N) is 6. The van der Waals surface area contributed by atoms with Crippen molar-refractivity contribution in [2.24, 2.45) is 7.05 Å². The van der Waals surface area contributed by atoms with Crippen LogP contribution in [0.15, 0.2) is 42.5 Å². The molecule has 0 bridgehead atoms. The fourth-order valence-corrected chi connectivity index (χ4v) is 4.22. The van der Waals surface area contributed by atoms with Gasteiger partial charge in [0.1, 0.15) is 16.9 Å². The molecule has 0 aliphatic rings. The fourth-order valence-electron chi connectivity index (χ4n) is 4.09. The minimum atomic E-state index is 0.611. The maximum absolute atomic E-state index is 6.16. The third-order valence-electron chi connectivity index (χ3n) is 5.63. The van der Waals surface area contributed by atoms with Crippen molar-refractivity contribution >= 4 is 28.3 Å². The molecule has 168 valence electrons. The predicted octanol–water partition coefficient (Wildman–Crippen LogP) is 4.97. The summed E-state index contributed by atoms with van der Waals surface area (Å²) in [5, 5.41) is 14.5. The lowest BCUT2D eigenvalue weighted by molar-refractivity contribution is 0.355. The Morgan fingerprint density at radius 2 is 1.64 bits per heavy atom. The van der Waals surface area contributed by atoms with Crippen LogP contribution in [0.1, 0.15) is 19.0 Å². The highest BCUT2D eigenvalue weighted by atomic mass is 35.5. The summed E-state index contributed by atoms with van der Waals surface area (Å²) in [5.74, 6) is 2.61. The zero-order valence-corrected chi connectivity index (χ0v) is 19.6. The van der Waals surface area contributed by atoms with Crippen molar-refractivity contribution in [3.8, 4) is 34.3 Å². The van der Waals surface area contributed by atoms with Crippen LogP contribution in [-0.4, -0.2) is 43.6 Å². The number of hydrogen-bond donors (Lipinski definition) is 0. The molecule has 0 saturated carbocycles. The Morgan fingerprint density at radius 3 is 2.33 bits per heavy atom. The lowest BCUT2D eigenvalue weighted by atomic mass is 10.1. The topological polar surface area (TPSA) is 79.4 Å². The normalized spacial score (nSPS) is 11.4. The summed E-state index contributed by atoms with van der Waals surface area (Å²) in [5.41, 5.74) is 5.04. The number of aromatic nitrogens is 6. The second kappa shape index (κ2) is 8.37. The van der Waals surface area contributed by atoms with E-state index in [0.29, 0.717) is 33.8 Å². The molecule has 5 rings (SSSR count). The van der Waals surface area contributed by atoms with Crippen LogP contribution in [0.25, 0.3) is 39.5 Å². The van der Waals surface area contributed by atoms with E-state index in [2.05, 4.69) is 17.1 Å². The summed E-state index contributed by atoms with van der Waals surface area (Å²) in [6, 6.07) is 13.3. The number of ether oxygens (including phenoxy) is 2. The van der Waals surface area contributed by atoms with Crippen molar-refractivity contribution in [1.82, 2.24) is 29.4 Å². The van der Waals surface area contributed by atoms with E-state index in [0.717, 1.165) is 40.7 Å². The molecule has 0 atom stereocenters. The molecule has 0 spiro atoms. The van der Waals surface area contributed by atoms with Gasteiger partial charge in [0, 0.05) is 23.2 Å². The molecule has 0 aliphatic heterocycles. The van der Waals surface area contributed by atoms with Gasteiger partial charge in [0.2, 0.25) is 0 Å². The van der Waals surface area contributed by atoms with E-state index >= 15 is 0 Å². The standard InChI is InChI=1S/C24H23ClN6O2/c1-5-6-17-20-21(30(2)29-17)24-28-27-23(15-9-12-18(32-3)19(13-15)33-4)31(24)22(26-20)14-7-10-16(25)11-8-14/h7-13H,5-6H2,1-4H3. The molecule has 0 fully saturated rings. The average Bonchev–Trinajstić information content (AvgIpc) is 3.40. The lowest BCUT2D eigenvalue weighted by Crippen LogP contribution is -2.02. The van der Waals surface area contributed by atoms with Crippen LogP contribution in [0.5, 0.6) is 11.5 Å². The van der Waals surface area contributed by atoms with E-state index in [1.165, 1.54) is 0 Å². The molecular formula is C24H23ClN6O2. The molecule has 0 unspecified atom stereocenters. The first kappa shape index (κ1) is 21.2. The van der Waals surface area contributed by atoms with Crippen molar-refractivity contribution in [2.75, 3.05) is 14.2 Å². The quantitative estimate of drug-likeness (QED) is 0.354. The number of methoxy groups -OCH3 is 2. The number of hydrogen-bond acceptors (Lipinski definition) is 6. The van der Waals surface area contributed by atoms with Gasteiger partial charge in [0.15, 0.2) is 23.0 Å². The van der Waals surface area contributed by atoms with E-state index in [-0.39, 0.29) is 0 Å². The van der Waals surface area contributed by atoms with Gasteiger partial charge in [0.25, 0.3) is 0 Å². The molecule has 0 aliphatic carbocycles. The molecular weight excluding hydrogens is 440 g/mol. The SMILES string of the molecule is CCCc1nn(C)c2c1nc(-c1ccc(Cl)cc1)n1c(-c3ccc(OC)c(OC)c3)nnc21. The van der Waals surface area contributed by atoms with Crippen molar-refractivity contribution in [3.63, 3.8) is 0 Å². The molecule has 33 heavy (non-hydrogen) atoms. The smallest absolute Gasteiger partial charge is 0.190 e. The first-order chi connectivity index (χ1) is 16.0. The van der Waals surface area contributed by atoms with Crippen LogP contribution in [-0.2, 0) is 13.5 Å². The molecule has 0 N–H and O–H groups in total. The monoisotopic (exact) mass is 462 g/mol. The Balaban J connectivity index is 1.86. The largest absolute Gasteiger partial charge is 0.493 e. The summed E-state index contributed by atoms with van der Waals surface area (Å²) in [6.07, 6.45) is 1.80. The fraction of sp³-hybridized carbons (Fsp3) is 0.250. The molecule has 0 amide bonds. The minimum Gasteiger partial charge on any atom is -0.493 e. The Kier molecular flexibility index (Phi) is 5.38. The Bertz CT molecular complexity index is 1470. The average molecular weight is 463 g/mol. The summed E-state index contributed by atoms with van der Waals surface area (Å²) in [6.45, 7) is 2.13. The second-order valence-electron chi connectivity index (χ2n) is 7.71. The minimum absolute atomic E-state index is 0.611. The van der Waals surface area contributed by atoms with Gasteiger partial charge in [-0.25, -0.2) is 4.98 Å². The van der Waals surface area contributed by atoms with E-state index in [1.807, 2.05) is 58.6 Å². The number of benzene rings is 2. The van der Waals surface area contributed by atoms with Crippen molar-refractivity contribution in [1.29, 1.82) is 0 Å². The summed E-state index contributed by atoms with van der Waals surface area (Å²) in [4.78, 5) is 5.08. The van der Waals surface area contributed by atoms with Gasteiger partial charge in [-0.2, -0.15) is 5.10 Å². The molecule has 0 saturated heterocycles. The van der Waals surface area contributed by atoms with Gasteiger partial charge in [-0.3, -0.25) is 9.08 Å². The maximum atomic E-state index is 6.16. The van der Waals surface area contributed by atoms with Crippen LogP contribution in [0.3, 0.4) is 0 Å². The van der Waals surface area contributed by atoms with E-state index in [9.17, 15) is 0 Å². The lowest BCUT2D eigenvalue weighted by Gasteiger charge is -2.11. The summed E-state index contributed by atoms with van der Waals surface area (Å²) >= 11 is 6.16. The van der Waals surface area contributed by atoms with Gasteiger partial charge in [-0.15, -0.1) is 10.2 Å². The third-order valence-corrected chi connectivity index (χ3v) is 5.88. The number of rotatable bonds is 6. The van der Waals surface area contributed by atoms with E-state index < -0.39 is 0 Å². The maximum Gasteiger partial charge on any atom is 0.190 e. The van der Waals surface area contributed by atoms with E-state index in [1.54, 1.807) is 14.2 Å². The van der Waals surface area contributed by atoms with Crippen LogP contribution < -0.4 is 9.47 Å². The molecule has 3 aromatic heterocycles. The molecule has 3 heterocycles. The number of fused-ring (bicyclic) bond motifs is 3. The van der Waals surface area contributed by atoms with Gasteiger partial charge >= 0.3 is 0 Å². The zero-order chi connectivity index (χ0) is 23.1. The molecule has 0 radical (unpaired) electrons. The second-order valence-corrected chi connectivity index (χ2v) is 8.15. The van der Waals surface area contributed by atoms with E-state index in [4.69, 9.17) is 31.2 Å². The first-order valence-corrected chi connectivity index (χ1v) is 11.0. The summed E-state index contributed by atoms with van der Waals surface area (Å²) in [7, 11) is 5.13.